The Morgan fingerprint density at radius 2 is 1.73 bits per heavy atom. The summed E-state index contributed by atoms with van der Waals surface area (Å²) < 4.78 is 4.95. The second-order valence-electron chi connectivity index (χ2n) is 6.04. The number of fused-ring (bicyclic) bond motifs is 1. The number of carbonyl (C=O) groups is 3. The molecule has 3 amide bonds. The van der Waals surface area contributed by atoms with E-state index in [1.54, 1.807) is 55.6 Å². The Bertz CT molecular complexity index is 812. The molecular weight excluding hydrogens is 332 g/mol. The van der Waals surface area contributed by atoms with Gasteiger partial charge < -0.3 is 10.1 Å². The van der Waals surface area contributed by atoms with Crippen molar-refractivity contribution in [1.29, 1.82) is 0 Å². The molecule has 1 aliphatic rings. The molecule has 3 rings (SSSR count). The maximum atomic E-state index is 12.4. The quantitative estimate of drug-likeness (QED) is 0.613. The molecule has 6 heteroatoms. The minimum Gasteiger partial charge on any atom is -0.385 e. The maximum Gasteiger partial charge on any atom is 0.261 e. The van der Waals surface area contributed by atoms with Crippen LogP contribution in [0.25, 0.3) is 0 Å². The molecule has 0 aromatic heterocycles. The van der Waals surface area contributed by atoms with E-state index in [4.69, 9.17) is 4.74 Å². The number of imide groups is 1. The fourth-order valence-electron chi connectivity index (χ4n) is 2.90. The highest BCUT2D eigenvalue weighted by Gasteiger charge is 2.34. The van der Waals surface area contributed by atoms with Gasteiger partial charge in [-0.1, -0.05) is 24.3 Å². The van der Waals surface area contributed by atoms with Crippen molar-refractivity contribution in [3.05, 3.63) is 70.8 Å². The molecule has 0 unspecified atom stereocenters. The number of hydrogen-bond acceptors (Lipinski definition) is 4. The molecule has 0 atom stereocenters. The molecule has 0 spiro atoms. The normalized spacial score (nSPS) is 13.0. The number of amides is 3. The molecule has 0 saturated carbocycles. The van der Waals surface area contributed by atoms with Gasteiger partial charge in [0.25, 0.3) is 17.7 Å². The molecule has 0 aliphatic carbocycles. The van der Waals surface area contributed by atoms with Crippen LogP contribution in [0.4, 0.5) is 0 Å². The number of nitrogens with one attached hydrogen (secondary N) is 1. The number of methoxy groups -OCH3 is 1. The van der Waals surface area contributed by atoms with E-state index >= 15 is 0 Å². The molecule has 0 bridgehead atoms. The predicted molar refractivity (Wildman–Crippen MR) is 95.9 cm³/mol. The number of benzene rings is 2. The summed E-state index contributed by atoms with van der Waals surface area (Å²) in [6, 6.07) is 13.7. The van der Waals surface area contributed by atoms with Crippen LogP contribution in [0.1, 0.15) is 43.1 Å². The van der Waals surface area contributed by atoms with Crippen LogP contribution in [0.2, 0.25) is 0 Å². The summed E-state index contributed by atoms with van der Waals surface area (Å²) in [6.07, 6.45) is 0.733. The van der Waals surface area contributed by atoms with Gasteiger partial charge in [-0.05, 0) is 36.2 Å². The Kier molecular flexibility index (Phi) is 5.43. The lowest BCUT2D eigenvalue weighted by Gasteiger charge is -2.14. The average Bonchev–Trinajstić information content (AvgIpc) is 2.91. The molecule has 1 heterocycles. The maximum absolute atomic E-state index is 12.4. The molecule has 2 aromatic carbocycles. The summed E-state index contributed by atoms with van der Waals surface area (Å²) in [7, 11) is 1.62. The van der Waals surface area contributed by atoms with E-state index in [0.29, 0.717) is 29.8 Å². The molecular formula is C20H20N2O4. The van der Waals surface area contributed by atoms with E-state index in [9.17, 15) is 14.4 Å². The van der Waals surface area contributed by atoms with Crippen LogP contribution in [0.15, 0.2) is 48.5 Å². The van der Waals surface area contributed by atoms with Gasteiger partial charge in [0.2, 0.25) is 0 Å². The smallest absolute Gasteiger partial charge is 0.261 e. The molecule has 0 saturated heterocycles. The molecule has 0 radical (unpaired) electrons. The summed E-state index contributed by atoms with van der Waals surface area (Å²) in [5.74, 6) is -0.801. The van der Waals surface area contributed by atoms with Crippen molar-refractivity contribution < 1.29 is 19.1 Å². The van der Waals surface area contributed by atoms with Crippen LogP contribution in [0.3, 0.4) is 0 Å². The van der Waals surface area contributed by atoms with Gasteiger partial charge in [0.1, 0.15) is 0 Å². The molecule has 26 heavy (non-hydrogen) atoms. The fraction of sp³-hybridized carbons (Fsp3) is 0.250. The lowest BCUT2D eigenvalue weighted by atomic mass is 10.1. The van der Waals surface area contributed by atoms with Crippen LogP contribution >= 0.6 is 0 Å². The van der Waals surface area contributed by atoms with Gasteiger partial charge in [-0.2, -0.15) is 0 Å². The van der Waals surface area contributed by atoms with Crippen LogP contribution in [0.5, 0.6) is 0 Å². The predicted octanol–water partition coefficient (Wildman–Crippen LogP) is 2.25. The van der Waals surface area contributed by atoms with Crippen molar-refractivity contribution >= 4 is 17.7 Å². The number of ether oxygens (including phenoxy) is 1. The van der Waals surface area contributed by atoms with Crippen molar-refractivity contribution in [2.45, 2.75) is 13.0 Å². The van der Waals surface area contributed by atoms with Gasteiger partial charge in [0, 0.05) is 25.8 Å². The monoisotopic (exact) mass is 352 g/mol. The van der Waals surface area contributed by atoms with Gasteiger partial charge in [-0.15, -0.1) is 0 Å². The summed E-state index contributed by atoms with van der Waals surface area (Å²) in [6.45, 7) is 1.24. The molecule has 0 fully saturated rings. The van der Waals surface area contributed by atoms with Gasteiger partial charge in [-0.25, -0.2) is 0 Å². The number of hydrogen-bond donors (Lipinski definition) is 1. The lowest BCUT2D eigenvalue weighted by Crippen LogP contribution is -2.29. The van der Waals surface area contributed by atoms with E-state index in [-0.39, 0.29) is 24.3 Å². The number of nitrogens with zero attached hydrogens (tertiary/aromatic N) is 1. The zero-order valence-corrected chi connectivity index (χ0v) is 14.5. The third-order valence-electron chi connectivity index (χ3n) is 4.22. The first-order chi connectivity index (χ1) is 12.6. The highest BCUT2D eigenvalue weighted by atomic mass is 16.5. The Hall–Kier alpha value is -2.99. The minimum absolute atomic E-state index is 0.136. The molecule has 1 N–H and O–H groups in total. The minimum atomic E-state index is -0.306. The van der Waals surface area contributed by atoms with Crippen molar-refractivity contribution in [2.24, 2.45) is 0 Å². The fourth-order valence-corrected chi connectivity index (χ4v) is 2.90. The van der Waals surface area contributed by atoms with E-state index in [2.05, 4.69) is 5.32 Å². The van der Waals surface area contributed by atoms with Crippen molar-refractivity contribution in [1.82, 2.24) is 10.2 Å². The Morgan fingerprint density at radius 3 is 2.38 bits per heavy atom. The third kappa shape index (κ3) is 3.65. The standard InChI is InChI=1S/C20H20N2O4/c1-26-11-5-10-21-18(23)15-7-4-6-14(12-15)13-22-19(24)16-8-2-3-9-17(16)20(22)25/h2-4,6-9,12H,5,10-11,13H2,1H3,(H,21,23). The zero-order chi connectivity index (χ0) is 18.5. The Balaban J connectivity index is 1.69. The summed E-state index contributed by atoms with van der Waals surface area (Å²) >= 11 is 0. The molecule has 1 aliphatic heterocycles. The Morgan fingerprint density at radius 1 is 1.04 bits per heavy atom. The van der Waals surface area contributed by atoms with Crippen molar-refractivity contribution in [3.63, 3.8) is 0 Å². The van der Waals surface area contributed by atoms with Crippen molar-refractivity contribution in [2.75, 3.05) is 20.3 Å². The SMILES string of the molecule is COCCCNC(=O)c1cccc(CN2C(=O)c3ccccc3C2=O)c1. The van der Waals surface area contributed by atoms with Crippen LogP contribution < -0.4 is 5.32 Å². The number of rotatable bonds is 7. The van der Waals surface area contributed by atoms with Gasteiger partial charge in [0.15, 0.2) is 0 Å². The van der Waals surface area contributed by atoms with Gasteiger partial charge in [0.05, 0.1) is 17.7 Å². The van der Waals surface area contributed by atoms with E-state index in [1.807, 2.05) is 0 Å². The molecule has 2 aromatic rings. The average molecular weight is 352 g/mol. The largest absolute Gasteiger partial charge is 0.385 e. The highest BCUT2D eigenvalue weighted by Crippen LogP contribution is 2.24. The summed E-state index contributed by atoms with van der Waals surface area (Å²) in [5.41, 5.74) is 2.06. The lowest BCUT2D eigenvalue weighted by molar-refractivity contribution is 0.0642. The first-order valence-electron chi connectivity index (χ1n) is 8.43. The first kappa shape index (κ1) is 17.8. The van der Waals surface area contributed by atoms with Gasteiger partial charge >= 0.3 is 0 Å². The van der Waals surface area contributed by atoms with E-state index in [0.717, 1.165) is 12.0 Å². The zero-order valence-electron chi connectivity index (χ0n) is 14.5. The molecule has 6 nitrogen and oxygen atoms in total. The second-order valence-corrected chi connectivity index (χ2v) is 6.04. The first-order valence-corrected chi connectivity index (χ1v) is 8.43. The van der Waals surface area contributed by atoms with Gasteiger partial charge in [-0.3, -0.25) is 19.3 Å². The van der Waals surface area contributed by atoms with Crippen LogP contribution in [-0.4, -0.2) is 42.9 Å². The highest BCUT2D eigenvalue weighted by molar-refractivity contribution is 6.21. The molecule has 134 valence electrons. The number of carbonyl (C=O) groups excluding carboxylic acids is 3. The van der Waals surface area contributed by atoms with Crippen LogP contribution in [0, 0.1) is 0 Å². The summed E-state index contributed by atoms with van der Waals surface area (Å²) in [5, 5.41) is 2.82. The van der Waals surface area contributed by atoms with E-state index < -0.39 is 0 Å². The summed E-state index contributed by atoms with van der Waals surface area (Å²) in [4.78, 5) is 38.3. The third-order valence-corrected chi connectivity index (χ3v) is 4.22. The van der Waals surface area contributed by atoms with E-state index in [1.165, 1.54) is 4.90 Å². The Labute approximate surface area is 151 Å². The van der Waals surface area contributed by atoms with Crippen molar-refractivity contribution in [3.8, 4) is 0 Å². The second kappa shape index (κ2) is 7.93. The van der Waals surface area contributed by atoms with Crippen LogP contribution in [-0.2, 0) is 11.3 Å². The topological polar surface area (TPSA) is 75.7 Å².